The molecule has 5 nitrogen and oxygen atoms in total. The molecule has 0 aliphatic heterocycles. The topological polar surface area (TPSA) is 73.6 Å². The smallest absolute Gasteiger partial charge is 0.407 e. The van der Waals surface area contributed by atoms with Gasteiger partial charge in [0.05, 0.1) is 0 Å². The number of rotatable bonds is 4. The second kappa shape index (κ2) is 5.82. The molecule has 0 aromatic heterocycles. The third kappa shape index (κ3) is 5.04. The molecule has 5 heteroatoms. The van der Waals surface area contributed by atoms with Crippen LogP contribution in [0, 0.1) is 5.41 Å². The maximum absolute atomic E-state index is 11.0. The summed E-state index contributed by atoms with van der Waals surface area (Å²) in [6, 6.07) is 0. The molecule has 0 aromatic carbocycles. The van der Waals surface area contributed by atoms with Crippen LogP contribution in [0.5, 0.6) is 0 Å². The van der Waals surface area contributed by atoms with Gasteiger partial charge in [-0.25, -0.2) is 10.7 Å². The molecule has 84 valence electrons. The van der Waals surface area contributed by atoms with Crippen molar-refractivity contribution in [2.24, 2.45) is 11.3 Å². The number of amides is 1. The molecule has 1 atom stereocenters. The lowest BCUT2D eigenvalue weighted by atomic mass is 9.90. The Morgan fingerprint density at radius 3 is 2.43 bits per heavy atom. The van der Waals surface area contributed by atoms with E-state index in [0.717, 1.165) is 0 Å². The molecule has 0 aliphatic carbocycles. The summed E-state index contributed by atoms with van der Waals surface area (Å²) in [6.07, 6.45) is -0.746. The Morgan fingerprint density at radius 2 is 2.07 bits per heavy atom. The van der Waals surface area contributed by atoms with Gasteiger partial charge < -0.3 is 10.1 Å². The van der Waals surface area contributed by atoms with Crippen LogP contribution in [0.1, 0.15) is 27.7 Å². The first kappa shape index (κ1) is 13.2. The Kier molecular flexibility index (Phi) is 5.49. The van der Waals surface area contributed by atoms with Crippen molar-refractivity contribution < 1.29 is 14.4 Å². The van der Waals surface area contributed by atoms with E-state index in [1.54, 1.807) is 0 Å². The van der Waals surface area contributed by atoms with E-state index in [1.807, 2.05) is 27.7 Å². The van der Waals surface area contributed by atoms with Crippen molar-refractivity contribution in [2.45, 2.75) is 33.8 Å². The molecule has 0 saturated carbocycles. The molecule has 0 bridgehead atoms. The minimum absolute atomic E-state index is 0.152. The molecule has 0 rings (SSSR count). The molecular formula is C9H20N2O3. The van der Waals surface area contributed by atoms with E-state index in [4.69, 9.17) is 15.5 Å². The number of nitrogens with one attached hydrogen (secondary N) is 1. The van der Waals surface area contributed by atoms with Crippen molar-refractivity contribution in [2.75, 3.05) is 13.2 Å². The Balaban J connectivity index is 3.91. The molecule has 1 amide bonds. The van der Waals surface area contributed by atoms with Crippen LogP contribution in [-0.4, -0.2) is 25.3 Å². The quantitative estimate of drug-likeness (QED) is 0.671. The third-order valence-electron chi connectivity index (χ3n) is 1.82. The van der Waals surface area contributed by atoms with Crippen LogP contribution < -0.4 is 11.2 Å². The minimum atomic E-state index is -0.446. The Labute approximate surface area is 84.9 Å². The average Bonchev–Trinajstić information content (AvgIpc) is 2.03. The highest BCUT2D eigenvalue weighted by atomic mass is 16.6. The zero-order valence-corrected chi connectivity index (χ0v) is 9.29. The van der Waals surface area contributed by atoms with E-state index < -0.39 is 6.09 Å². The van der Waals surface area contributed by atoms with Crippen molar-refractivity contribution in [3.05, 3.63) is 0 Å². The number of hydrogen-bond acceptors (Lipinski definition) is 4. The summed E-state index contributed by atoms with van der Waals surface area (Å²) in [5, 5.41) is 2.52. The summed E-state index contributed by atoms with van der Waals surface area (Å²) in [4.78, 5) is 15.7. The first-order chi connectivity index (χ1) is 6.41. The zero-order chi connectivity index (χ0) is 11.2. The highest BCUT2D eigenvalue weighted by Crippen LogP contribution is 2.21. The summed E-state index contributed by atoms with van der Waals surface area (Å²) in [5.41, 5.74) is -0.152. The van der Waals surface area contributed by atoms with E-state index in [9.17, 15) is 4.79 Å². The van der Waals surface area contributed by atoms with Gasteiger partial charge in [-0.15, -0.1) is 0 Å². The van der Waals surface area contributed by atoms with Crippen LogP contribution in [0.4, 0.5) is 4.79 Å². The van der Waals surface area contributed by atoms with Crippen LogP contribution in [0.15, 0.2) is 0 Å². The van der Waals surface area contributed by atoms with Crippen molar-refractivity contribution in [1.29, 1.82) is 0 Å². The summed E-state index contributed by atoms with van der Waals surface area (Å²) >= 11 is 0. The number of ether oxygens (including phenoxy) is 1. The molecule has 14 heavy (non-hydrogen) atoms. The van der Waals surface area contributed by atoms with Crippen molar-refractivity contribution in [3.8, 4) is 0 Å². The second-order valence-corrected chi connectivity index (χ2v) is 4.12. The van der Waals surface area contributed by atoms with E-state index in [2.05, 4.69) is 5.32 Å². The van der Waals surface area contributed by atoms with Gasteiger partial charge >= 0.3 is 6.09 Å². The Bertz CT molecular complexity index is 177. The lowest BCUT2D eigenvalue weighted by molar-refractivity contribution is -0.0543. The Morgan fingerprint density at radius 1 is 1.50 bits per heavy atom. The predicted octanol–water partition coefficient (Wildman–Crippen LogP) is 1.04. The second-order valence-electron chi connectivity index (χ2n) is 4.12. The maximum Gasteiger partial charge on any atom is 0.407 e. The van der Waals surface area contributed by atoms with Crippen LogP contribution in [0.2, 0.25) is 0 Å². The molecule has 0 fully saturated rings. The van der Waals surface area contributed by atoms with Gasteiger partial charge in [-0.3, -0.25) is 4.84 Å². The SMILES string of the molecule is CCNC(=O)OCC(ON)C(C)(C)C. The normalized spacial score (nSPS) is 13.5. The lowest BCUT2D eigenvalue weighted by Gasteiger charge is -2.27. The molecule has 0 heterocycles. The lowest BCUT2D eigenvalue weighted by Crippen LogP contribution is -2.38. The maximum atomic E-state index is 11.0. The molecule has 3 N–H and O–H groups in total. The number of alkyl carbamates (subject to hydrolysis) is 1. The van der Waals surface area contributed by atoms with Gasteiger partial charge in [0, 0.05) is 6.54 Å². The van der Waals surface area contributed by atoms with E-state index in [1.165, 1.54) is 0 Å². The van der Waals surface area contributed by atoms with Gasteiger partial charge in [-0.1, -0.05) is 20.8 Å². The van der Waals surface area contributed by atoms with E-state index >= 15 is 0 Å². The number of carbonyl (C=O) groups is 1. The minimum Gasteiger partial charge on any atom is -0.447 e. The van der Waals surface area contributed by atoms with Gasteiger partial charge in [0.1, 0.15) is 12.7 Å². The van der Waals surface area contributed by atoms with Crippen LogP contribution >= 0.6 is 0 Å². The van der Waals surface area contributed by atoms with Gasteiger partial charge in [-0.2, -0.15) is 0 Å². The number of hydrogen-bond donors (Lipinski definition) is 2. The molecule has 0 aliphatic rings. The van der Waals surface area contributed by atoms with Crippen LogP contribution in [-0.2, 0) is 9.57 Å². The van der Waals surface area contributed by atoms with Crippen LogP contribution in [0.3, 0.4) is 0 Å². The largest absolute Gasteiger partial charge is 0.447 e. The van der Waals surface area contributed by atoms with Gasteiger partial charge in [0.15, 0.2) is 0 Å². The fourth-order valence-corrected chi connectivity index (χ4v) is 0.840. The monoisotopic (exact) mass is 204 g/mol. The average molecular weight is 204 g/mol. The first-order valence-corrected chi connectivity index (χ1v) is 4.68. The molecule has 0 radical (unpaired) electrons. The van der Waals surface area contributed by atoms with Gasteiger partial charge in [-0.05, 0) is 12.3 Å². The van der Waals surface area contributed by atoms with Crippen molar-refractivity contribution in [1.82, 2.24) is 5.32 Å². The number of nitrogens with two attached hydrogens (primary N) is 1. The zero-order valence-electron chi connectivity index (χ0n) is 9.29. The summed E-state index contributed by atoms with van der Waals surface area (Å²) in [6.45, 7) is 8.42. The summed E-state index contributed by atoms with van der Waals surface area (Å²) in [7, 11) is 0. The first-order valence-electron chi connectivity index (χ1n) is 4.68. The van der Waals surface area contributed by atoms with Crippen LogP contribution in [0.25, 0.3) is 0 Å². The summed E-state index contributed by atoms with van der Waals surface area (Å²) < 4.78 is 4.91. The fraction of sp³-hybridized carbons (Fsp3) is 0.889. The Hall–Kier alpha value is -0.810. The van der Waals surface area contributed by atoms with E-state index in [-0.39, 0.29) is 18.1 Å². The fourth-order valence-electron chi connectivity index (χ4n) is 0.840. The summed E-state index contributed by atoms with van der Waals surface area (Å²) in [5.74, 6) is 5.11. The standard InChI is InChI=1S/C9H20N2O3/c1-5-11-8(12)13-6-7(14-10)9(2,3)4/h7H,5-6,10H2,1-4H3,(H,11,12). The highest BCUT2D eigenvalue weighted by Gasteiger charge is 2.26. The van der Waals surface area contributed by atoms with E-state index in [0.29, 0.717) is 6.54 Å². The predicted molar refractivity (Wildman–Crippen MR) is 53.5 cm³/mol. The highest BCUT2D eigenvalue weighted by molar-refractivity contribution is 5.66. The molecule has 1 unspecified atom stereocenters. The molecular weight excluding hydrogens is 184 g/mol. The third-order valence-corrected chi connectivity index (χ3v) is 1.82. The van der Waals surface area contributed by atoms with Gasteiger partial charge in [0.25, 0.3) is 0 Å². The molecule has 0 spiro atoms. The van der Waals surface area contributed by atoms with Crippen molar-refractivity contribution in [3.63, 3.8) is 0 Å². The molecule has 0 aromatic rings. The molecule has 0 saturated heterocycles. The van der Waals surface area contributed by atoms with Gasteiger partial charge in [0.2, 0.25) is 0 Å². The number of carbonyl (C=O) groups excluding carboxylic acids is 1. The van der Waals surface area contributed by atoms with Crippen molar-refractivity contribution >= 4 is 6.09 Å².